The fourth-order valence-corrected chi connectivity index (χ4v) is 8.47. The Balaban J connectivity index is 1.11. The van der Waals surface area contributed by atoms with E-state index in [0.29, 0.717) is 5.92 Å². The van der Waals surface area contributed by atoms with Crippen LogP contribution in [0.4, 0.5) is 14.5 Å². The van der Waals surface area contributed by atoms with Gasteiger partial charge in [0.2, 0.25) is 0 Å². The van der Waals surface area contributed by atoms with E-state index in [0.717, 1.165) is 98.6 Å². The number of aryl methyl sites for hydroxylation is 1. The molecule has 51 heavy (non-hydrogen) atoms. The van der Waals surface area contributed by atoms with E-state index in [1.165, 1.54) is 38.5 Å². The van der Waals surface area contributed by atoms with Gasteiger partial charge in [-0.2, -0.15) is 13.9 Å². The monoisotopic (exact) mass is 699 g/mol. The smallest absolute Gasteiger partial charge is 0.387 e. The summed E-state index contributed by atoms with van der Waals surface area (Å²) in [5, 5.41) is 11.9. The van der Waals surface area contributed by atoms with Crippen molar-refractivity contribution in [2.24, 2.45) is 5.92 Å². The van der Waals surface area contributed by atoms with Gasteiger partial charge >= 0.3 is 6.61 Å². The number of aromatic nitrogens is 4. The van der Waals surface area contributed by atoms with Crippen LogP contribution in [0.15, 0.2) is 67.1 Å². The van der Waals surface area contributed by atoms with Gasteiger partial charge in [0.25, 0.3) is 5.91 Å². The van der Waals surface area contributed by atoms with Gasteiger partial charge < -0.3 is 19.5 Å². The Labute approximate surface area is 299 Å². The minimum atomic E-state index is -2.86. The van der Waals surface area contributed by atoms with Crippen molar-refractivity contribution >= 4 is 11.6 Å². The molecule has 2 aromatic heterocycles. The zero-order chi connectivity index (χ0) is 35.2. The first-order valence-electron chi connectivity index (χ1n) is 18.9. The zero-order valence-electron chi connectivity index (χ0n) is 29.7. The highest BCUT2D eigenvalue weighted by Crippen LogP contribution is 2.41. The van der Waals surface area contributed by atoms with Crippen LogP contribution in [-0.4, -0.2) is 56.4 Å². The van der Waals surface area contributed by atoms with Crippen LogP contribution >= 0.6 is 0 Å². The minimum Gasteiger partial charge on any atom is -0.435 e. The van der Waals surface area contributed by atoms with Crippen molar-refractivity contribution in [3.63, 3.8) is 0 Å². The maximum absolute atomic E-state index is 13.6. The number of hydrogen-bond donors (Lipinski definition) is 2. The number of ether oxygens (including phenoxy) is 1. The predicted molar refractivity (Wildman–Crippen MR) is 195 cm³/mol. The number of rotatable bonds is 8. The molecule has 11 heteroatoms. The number of anilines is 1. The average molecular weight is 700 g/mol. The van der Waals surface area contributed by atoms with Crippen LogP contribution in [-0.2, 0) is 12.1 Å². The molecule has 1 amide bonds. The van der Waals surface area contributed by atoms with E-state index in [-0.39, 0.29) is 23.4 Å². The van der Waals surface area contributed by atoms with Gasteiger partial charge in [-0.3, -0.25) is 14.8 Å². The fourth-order valence-electron chi connectivity index (χ4n) is 8.47. The van der Waals surface area contributed by atoms with Gasteiger partial charge in [0.05, 0.1) is 17.4 Å². The minimum absolute atomic E-state index is 0.0891. The Kier molecular flexibility index (Phi) is 11.0. The Hall–Kier alpha value is -4.25. The number of carbonyl (C=O) groups is 1. The number of halogens is 2. The number of carbonyl (C=O) groups excluding carboxylic acids is 1. The number of fused-ring (bicyclic) bond motifs is 2. The van der Waals surface area contributed by atoms with E-state index in [2.05, 4.69) is 31.1 Å². The van der Waals surface area contributed by atoms with Crippen LogP contribution < -0.4 is 15.4 Å². The van der Waals surface area contributed by atoms with E-state index in [4.69, 9.17) is 4.98 Å². The highest BCUT2D eigenvalue weighted by Gasteiger charge is 2.41. The summed E-state index contributed by atoms with van der Waals surface area (Å²) in [6.45, 7) is 2.34. The molecule has 4 aromatic rings. The summed E-state index contributed by atoms with van der Waals surface area (Å²) in [6, 6.07) is 14.9. The quantitative estimate of drug-likeness (QED) is 0.192. The number of hydrogen-bond acceptors (Lipinski definition) is 6. The number of nitrogens with one attached hydrogen (secondary N) is 2. The Bertz CT molecular complexity index is 1720. The van der Waals surface area contributed by atoms with E-state index in [1.54, 1.807) is 12.1 Å². The number of imidazole rings is 1. The van der Waals surface area contributed by atoms with Crippen molar-refractivity contribution in [2.75, 3.05) is 25.0 Å². The number of alkyl halides is 2. The molecule has 1 unspecified atom stereocenters. The van der Waals surface area contributed by atoms with Crippen LogP contribution in [0.25, 0.3) is 11.3 Å². The standard InChI is InChI=1S/C40H51F2N7O2/c1-29-25-32(13-16-34(29)38(50)47-23-17-30(18-24-47)27-48-22-10-21-45-48)46-36-37-43-26-35(31-11-14-33(15-12-31)51-39(41)42)49(37)40(28-44-36)19-8-6-4-2-3-5-7-9-20-40/h10-16,21-22,25-26,30,36,39,44,46H,2-9,17-20,23-24,27-28H2,1H3. The average Bonchev–Trinajstić information content (AvgIpc) is 3.81. The summed E-state index contributed by atoms with van der Waals surface area (Å²) < 4.78 is 34.9. The molecule has 2 aliphatic heterocycles. The molecule has 3 aliphatic rings. The molecule has 0 bridgehead atoms. The molecule has 1 saturated carbocycles. The Morgan fingerprint density at radius 3 is 2.35 bits per heavy atom. The summed E-state index contributed by atoms with van der Waals surface area (Å²) in [4.78, 5) is 20.6. The van der Waals surface area contributed by atoms with Crippen LogP contribution in [0, 0.1) is 12.8 Å². The Morgan fingerprint density at radius 2 is 1.71 bits per heavy atom. The van der Waals surface area contributed by atoms with Gasteiger partial charge in [0.15, 0.2) is 0 Å². The zero-order valence-corrected chi connectivity index (χ0v) is 29.7. The Morgan fingerprint density at radius 1 is 1.00 bits per heavy atom. The maximum atomic E-state index is 13.6. The van der Waals surface area contributed by atoms with E-state index in [9.17, 15) is 13.6 Å². The van der Waals surface area contributed by atoms with Crippen LogP contribution in [0.1, 0.15) is 105 Å². The van der Waals surface area contributed by atoms with Gasteiger partial charge in [-0.25, -0.2) is 4.98 Å². The van der Waals surface area contributed by atoms with Gasteiger partial charge in [-0.05, 0) is 92.6 Å². The molecule has 1 atom stereocenters. The molecule has 1 aliphatic carbocycles. The molecule has 2 aromatic carbocycles. The van der Waals surface area contributed by atoms with Crippen molar-refractivity contribution in [3.8, 4) is 17.0 Å². The molecule has 2 fully saturated rings. The van der Waals surface area contributed by atoms with Gasteiger partial charge in [0.1, 0.15) is 17.7 Å². The molecular weight excluding hydrogens is 648 g/mol. The molecule has 1 saturated heterocycles. The SMILES string of the molecule is Cc1cc(NC2NCC3(CCCCCCCCCC3)n3c(-c4ccc(OC(F)F)cc4)cnc32)ccc1C(=O)N1CCC(Cn2cccn2)CC1. The number of likely N-dealkylation sites (tertiary alicyclic amines) is 1. The first-order valence-corrected chi connectivity index (χ1v) is 18.9. The lowest BCUT2D eigenvalue weighted by atomic mass is 9.84. The summed E-state index contributed by atoms with van der Waals surface area (Å²) in [7, 11) is 0. The predicted octanol–water partition coefficient (Wildman–Crippen LogP) is 8.53. The third-order valence-corrected chi connectivity index (χ3v) is 11.2. The van der Waals surface area contributed by atoms with E-state index >= 15 is 0 Å². The largest absolute Gasteiger partial charge is 0.435 e. The fraction of sp³-hybridized carbons (Fsp3) is 0.525. The summed E-state index contributed by atoms with van der Waals surface area (Å²) in [6.07, 6.45) is 19.4. The summed E-state index contributed by atoms with van der Waals surface area (Å²) >= 11 is 0. The summed E-state index contributed by atoms with van der Waals surface area (Å²) in [5.74, 6) is 1.67. The lowest BCUT2D eigenvalue weighted by Crippen LogP contribution is -2.52. The van der Waals surface area contributed by atoms with E-state index < -0.39 is 6.61 Å². The number of nitrogens with zero attached hydrogens (tertiary/aromatic N) is 5. The topological polar surface area (TPSA) is 89.2 Å². The lowest BCUT2D eigenvalue weighted by molar-refractivity contribution is -0.0498. The molecule has 1 spiro atoms. The molecule has 272 valence electrons. The lowest BCUT2D eigenvalue weighted by Gasteiger charge is -2.44. The molecule has 2 N–H and O–H groups in total. The highest BCUT2D eigenvalue weighted by atomic mass is 19.3. The van der Waals surface area contributed by atoms with Crippen molar-refractivity contribution in [1.82, 2.24) is 29.5 Å². The first kappa shape index (κ1) is 35.2. The molecular formula is C40H51F2N7O2. The van der Waals surface area contributed by atoms with Crippen LogP contribution in [0.2, 0.25) is 0 Å². The normalized spacial score (nSPS) is 20.2. The van der Waals surface area contributed by atoms with Crippen molar-refractivity contribution in [3.05, 3.63) is 84.1 Å². The number of amides is 1. The molecule has 7 rings (SSSR count). The van der Waals surface area contributed by atoms with Crippen LogP contribution in [0.3, 0.4) is 0 Å². The third kappa shape index (κ3) is 8.14. The first-order chi connectivity index (χ1) is 24.9. The van der Waals surface area contributed by atoms with Crippen molar-refractivity contribution in [2.45, 2.75) is 109 Å². The number of benzene rings is 2. The van der Waals surface area contributed by atoms with Crippen LogP contribution in [0.5, 0.6) is 5.75 Å². The van der Waals surface area contributed by atoms with Gasteiger partial charge in [0, 0.05) is 55.4 Å². The molecule has 0 radical (unpaired) electrons. The second-order valence-corrected chi connectivity index (χ2v) is 14.7. The summed E-state index contributed by atoms with van der Waals surface area (Å²) in [5.41, 5.74) is 4.36. The second-order valence-electron chi connectivity index (χ2n) is 14.7. The number of piperidine rings is 1. The maximum Gasteiger partial charge on any atom is 0.387 e. The molecule has 9 nitrogen and oxygen atoms in total. The second kappa shape index (κ2) is 16.0. The van der Waals surface area contributed by atoms with Crippen molar-refractivity contribution < 1.29 is 18.3 Å². The van der Waals surface area contributed by atoms with Gasteiger partial charge in [-0.15, -0.1) is 0 Å². The van der Waals surface area contributed by atoms with Crippen molar-refractivity contribution in [1.29, 1.82) is 0 Å². The van der Waals surface area contributed by atoms with Gasteiger partial charge in [-0.1, -0.05) is 51.4 Å². The highest BCUT2D eigenvalue weighted by molar-refractivity contribution is 5.96. The third-order valence-electron chi connectivity index (χ3n) is 11.2. The molecule has 4 heterocycles. The van der Waals surface area contributed by atoms with E-state index in [1.807, 2.05) is 65.4 Å².